The van der Waals surface area contributed by atoms with Gasteiger partial charge in [-0.3, -0.25) is 14.4 Å². The number of hydrogen-bond acceptors (Lipinski definition) is 4. The highest BCUT2D eigenvalue weighted by molar-refractivity contribution is 6.31. The second kappa shape index (κ2) is 8.01. The predicted molar refractivity (Wildman–Crippen MR) is 88.3 cm³/mol. The molecule has 2 N–H and O–H groups in total. The van der Waals surface area contributed by atoms with Crippen molar-refractivity contribution in [2.45, 2.75) is 19.3 Å². The maximum Gasteiger partial charge on any atom is 0.303 e. The fourth-order valence-electron chi connectivity index (χ4n) is 2.59. The summed E-state index contributed by atoms with van der Waals surface area (Å²) in [7, 11) is 1.50. The molecular formula is C16H19ClN2O5. The van der Waals surface area contributed by atoms with E-state index >= 15 is 0 Å². The number of nitrogens with one attached hydrogen (secondary N) is 1. The molecule has 1 heterocycles. The summed E-state index contributed by atoms with van der Waals surface area (Å²) < 4.78 is 5.25. The van der Waals surface area contributed by atoms with Crippen LogP contribution in [0.5, 0.6) is 5.75 Å². The largest absolute Gasteiger partial charge is 0.495 e. The Kier molecular flexibility index (Phi) is 6.03. The van der Waals surface area contributed by atoms with Crippen molar-refractivity contribution in [3.63, 3.8) is 0 Å². The van der Waals surface area contributed by atoms with Crippen molar-refractivity contribution in [2.24, 2.45) is 5.92 Å². The fraction of sp³-hybridized carbons (Fsp3) is 0.438. The summed E-state index contributed by atoms with van der Waals surface area (Å²) in [5.74, 6) is -1.31. The Balaban J connectivity index is 1.99. The second-order valence-corrected chi connectivity index (χ2v) is 5.95. The fourth-order valence-corrected chi connectivity index (χ4v) is 2.75. The first-order valence-corrected chi connectivity index (χ1v) is 7.93. The first kappa shape index (κ1) is 18.1. The Hall–Kier alpha value is -2.28. The highest BCUT2D eigenvalue weighted by Crippen LogP contribution is 2.35. The molecule has 1 aromatic carbocycles. The number of carboxylic acids is 1. The van der Waals surface area contributed by atoms with E-state index in [2.05, 4.69) is 5.32 Å². The molecule has 0 spiro atoms. The molecule has 8 heteroatoms. The standard InChI is InChI=1S/C16H19ClN2O5/c1-24-13-5-4-11(17)8-12(13)19-9-10(7-14(19)20)16(23)18-6-2-3-15(21)22/h4-5,8,10H,2-3,6-7,9H2,1H3,(H,18,23)(H,21,22). The van der Waals surface area contributed by atoms with Crippen LogP contribution < -0.4 is 15.0 Å². The van der Waals surface area contributed by atoms with Crippen LogP contribution in [-0.4, -0.2) is 43.1 Å². The van der Waals surface area contributed by atoms with Gasteiger partial charge in [-0.05, 0) is 24.6 Å². The van der Waals surface area contributed by atoms with E-state index in [1.54, 1.807) is 18.2 Å². The molecule has 1 aliphatic rings. The second-order valence-electron chi connectivity index (χ2n) is 5.51. The monoisotopic (exact) mass is 354 g/mol. The van der Waals surface area contributed by atoms with Crippen molar-refractivity contribution in [3.8, 4) is 5.75 Å². The highest BCUT2D eigenvalue weighted by Gasteiger charge is 2.36. The van der Waals surface area contributed by atoms with Gasteiger partial charge in [0.15, 0.2) is 0 Å². The molecule has 1 fully saturated rings. The number of methoxy groups -OCH3 is 1. The van der Waals surface area contributed by atoms with Crippen molar-refractivity contribution < 1.29 is 24.2 Å². The summed E-state index contributed by atoms with van der Waals surface area (Å²) in [5.41, 5.74) is 0.538. The third-order valence-corrected chi connectivity index (χ3v) is 4.03. The summed E-state index contributed by atoms with van der Waals surface area (Å²) in [6, 6.07) is 4.97. The smallest absolute Gasteiger partial charge is 0.303 e. The van der Waals surface area contributed by atoms with Crippen molar-refractivity contribution in [3.05, 3.63) is 23.2 Å². The van der Waals surface area contributed by atoms with Gasteiger partial charge in [-0.15, -0.1) is 0 Å². The van der Waals surface area contributed by atoms with Crippen molar-refractivity contribution >= 4 is 35.1 Å². The van der Waals surface area contributed by atoms with Gasteiger partial charge in [0.25, 0.3) is 0 Å². The Labute approximate surface area is 144 Å². The maximum atomic E-state index is 12.3. The number of nitrogens with zero attached hydrogens (tertiary/aromatic N) is 1. The molecule has 1 aliphatic heterocycles. The van der Waals surface area contributed by atoms with E-state index in [1.807, 2.05) is 0 Å². The molecule has 7 nitrogen and oxygen atoms in total. The average molecular weight is 355 g/mol. The molecule has 1 unspecified atom stereocenters. The third kappa shape index (κ3) is 4.38. The van der Waals surface area contributed by atoms with Crippen LogP contribution >= 0.6 is 11.6 Å². The molecule has 0 bridgehead atoms. The maximum absolute atomic E-state index is 12.3. The van der Waals surface area contributed by atoms with Crippen LogP contribution in [0.15, 0.2) is 18.2 Å². The SMILES string of the molecule is COc1ccc(Cl)cc1N1CC(C(=O)NCCCC(=O)O)CC1=O. The number of hydrogen-bond donors (Lipinski definition) is 2. The molecular weight excluding hydrogens is 336 g/mol. The van der Waals surface area contributed by atoms with Crippen LogP contribution in [0.2, 0.25) is 5.02 Å². The van der Waals surface area contributed by atoms with E-state index in [-0.39, 0.29) is 37.7 Å². The summed E-state index contributed by atoms with van der Waals surface area (Å²) in [4.78, 5) is 36.3. The minimum atomic E-state index is -0.903. The van der Waals surface area contributed by atoms with Crippen molar-refractivity contribution in [1.29, 1.82) is 0 Å². The van der Waals surface area contributed by atoms with Crippen molar-refractivity contribution in [1.82, 2.24) is 5.32 Å². The summed E-state index contributed by atoms with van der Waals surface area (Å²) in [6.07, 6.45) is 0.448. The van der Waals surface area contributed by atoms with Gasteiger partial charge in [-0.2, -0.15) is 0 Å². The number of amides is 2. The van der Waals surface area contributed by atoms with Gasteiger partial charge in [-0.1, -0.05) is 11.6 Å². The topological polar surface area (TPSA) is 95.9 Å². The molecule has 2 amide bonds. The van der Waals surface area contributed by atoms with Gasteiger partial charge < -0.3 is 20.1 Å². The van der Waals surface area contributed by atoms with E-state index in [4.69, 9.17) is 21.4 Å². The zero-order valence-corrected chi connectivity index (χ0v) is 14.0. The Morgan fingerprint density at radius 1 is 1.46 bits per heavy atom. The van der Waals surface area contributed by atoms with E-state index in [0.29, 0.717) is 22.9 Å². The lowest BCUT2D eigenvalue weighted by Gasteiger charge is -2.19. The molecule has 1 atom stereocenters. The minimum Gasteiger partial charge on any atom is -0.495 e. The molecule has 1 aromatic rings. The summed E-state index contributed by atoms with van der Waals surface area (Å²) in [5, 5.41) is 11.7. The number of rotatable bonds is 7. The summed E-state index contributed by atoms with van der Waals surface area (Å²) in [6.45, 7) is 0.511. The van der Waals surface area contributed by atoms with Gasteiger partial charge in [0.2, 0.25) is 11.8 Å². The zero-order valence-electron chi connectivity index (χ0n) is 13.3. The normalized spacial score (nSPS) is 17.0. The Bertz CT molecular complexity index is 649. The van der Waals surface area contributed by atoms with E-state index in [9.17, 15) is 14.4 Å². The number of anilines is 1. The van der Waals surface area contributed by atoms with Gasteiger partial charge in [0.1, 0.15) is 5.75 Å². The quantitative estimate of drug-likeness (QED) is 0.726. The molecule has 0 saturated carbocycles. The molecule has 0 radical (unpaired) electrons. The first-order valence-electron chi connectivity index (χ1n) is 7.55. The molecule has 1 saturated heterocycles. The third-order valence-electron chi connectivity index (χ3n) is 3.79. The number of ether oxygens (including phenoxy) is 1. The molecule has 0 aromatic heterocycles. The van der Waals surface area contributed by atoms with Gasteiger partial charge in [0.05, 0.1) is 18.7 Å². The predicted octanol–water partition coefficient (Wildman–Crippen LogP) is 1.68. The van der Waals surface area contributed by atoms with Crippen LogP contribution in [0.25, 0.3) is 0 Å². The van der Waals surface area contributed by atoms with Gasteiger partial charge in [-0.25, -0.2) is 0 Å². The number of aliphatic carboxylic acids is 1. The van der Waals surface area contributed by atoms with E-state index in [1.165, 1.54) is 12.0 Å². The lowest BCUT2D eigenvalue weighted by molar-refractivity contribution is -0.137. The molecule has 0 aliphatic carbocycles. The van der Waals surface area contributed by atoms with Gasteiger partial charge in [0, 0.05) is 31.0 Å². The number of benzene rings is 1. The van der Waals surface area contributed by atoms with Crippen LogP contribution in [0.4, 0.5) is 5.69 Å². The van der Waals surface area contributed by atoms with E-state index in [0.717, 1.165) is 0 Å². The van der Waals surface area contributed by atoms with Crippen LogP contribution in [0.1, 0.15) is 19.3 Å². The summed E-state index contributed by atoms with van der Waals surface area (Å²) >= 11 is 5.99. The Morgan fingerprint density at radius 2 is 2.21 bits per heavy atom. The van der Waals surface area contributed by atoms with E-state index < -0.39 is 11.9 Å². The molecule has 130 valence electrons. The average Bonchev–Trinajstić information content (AvgIpc) is 2.93. The minimum absolute atomic E-state index is 0.00425. The number of carbonyl (C=O) groups is 3. The highest BCUT2D eigenvalue weighted by atomic mass is 35.5. The van der Waals surface area contributed by atoms with Crippen molar-refractivity contribution in [2.75, 3.05) is 25.1 Å². The van der Waals surface area contributed by atoms with Crippen LogP contribution in [0.3, 0.4) is 0 Å². The molecule has 2 rings (SSSR count). The lowest BCUT2D eigenvalue weighted by Crippen LogP contribution is -2.33. The number of carboxylic acid groups (broad SMARTS) is 1. The molecule has 24 heavy (non-hydrogen) atoms. The zero-order chi connectivity index (χ0) is 17.7. The first-order chi connectivity index (χ1) is 11.4. The van der Waals surface area contributed by atoms with Gasteiger partial charge >= 0.3 is 5.97 Å². The lowest BCUT2D eigenvalue weighted by atomic mass is 10.1. The number of carbonyl (C=O) groups excluding carboxylic acids is 2. The Morgan fingerprint density at radius 3 is 2.88 bits per heavy atom. The number of halogens is 1. The van der Waals surface area contributed by atoms with Crippen LogP contribution in [-0.2, 0) is 14.4 Å². The van der Waals surface area contributed by atoms with Crippen LogP contribution in [0, 0.1) is 5.92 Å².